The number of aromatic nitrogens is 1. The van der Waals surface area contributed by atoms with Gasteiger partial charge in [-0.05, 0) is 25.5 Å². The number of methoxy groups -OCH3 is 1. The highest BCUT2D eigenvalue weighted by Crippen LogP contribution is 2.20. The zero-order valence-corrected chi connectivity index (χ0v) is 19.5. The van der Waals surface area contributed by atoms with Crippen molar-refractivity contribution in [3.63, 3.8) is 0 Å². The van der Waals surface area contributed by atoms with Crippen LogP contribution in [0, 0.1) is 0 Å². The first-order valence-corrected chi connectivity index (χ1v) is 9.58. The molecule has 1 aromatic heterocycles. The van der Waals surface area contributed by atoms with Gasteiger partial charge in [-0.25, -0.2) is 4.98 Å². The average Bonchev–Trinajstić information content (AvgIpc) is 3.13. The number of thiazole rings is 1. The third-order valence-corrected chi connectivity index (χ3v) is 4.91. The second-order valence-electron chi connectivity index (χ2n) is 5.90. The van der Waals surface area contributed by atoms with Crippen molar-refractivity contribution in [3.8, 4) is 5.75 Å². The Morgan fingerprint density at radius 3 is 2.74 bits per heavy atom. The SMILES string of the molecule is CN=C(NCCCOc1ccccc1)N(C)Cc1csc(C(C)OC)n1.I. The van der Waals surface area contributed by atoms with Crippen molar-refractivity contribution < 1.29 is 9.47 Å². The van der Waals surface area contributed by atoms with E-state index in [1.807, 2.05) is 44.3 Å². The van der Waals surface area contributed by atoms with Crippen molar-refractivity contribution in [3.05, 3.63) is 46.4 Å². The second-order valence-corrected chi connectivity index (χ2v) is 6.79. The zero-order valence-electron chi connectivity index (χ0n) is 16.3. The first-order chi connectivity index (χ1) is 12.6. The number of nitrogens with one attached hydrogen (secondary N) is 1. The molecule has 0 saturated heterocycles. The maximum Gasteiger partial charge on any atom is 0.193 e. The Hall–Kier alpha value is -1.39. The van der Waals surface area contributed by atoms with Crippen LogP contribution in [-0.2, 0) is 11.3 Å². The molecule has 1 heterocycles. The van der Waals surface area contributed by atoms with Crippen molar-refractivity contribution in [2.75, 3.05) is 34.4 Å². The molecule has 1 aromatic carbocycles. The molecule has 0 spiro atoms. The number of halogens is 1. The highest BCUT2D eigenvalue weighted by atomic mass is 127. The van der Waals surface area contributed by atoms with E-state index in [-0.39, 0.29) is 30.1 Å². The number of ether oxygens (including phenoxy) is 2. The van der Waals surface area contributed by atoms with Crippen LogP contribution in [-0.4, -0.2) is 50.2 Å². The van der Waals surface area contributed by atoms with Crippen LogP contribution in [0.1, 0.15) is 30.2 Å². The molecule has 0 aliphatic carbocycles. The minimum absolute atomic E-state index is 0. The molecule has 0 bridgehead atoms. The van der Waals surface area contributed by atoms with Crippen LogP contribution in [0.3, 0.4) is 0 Å². The minimum atomic E-state index is 0. The van der Waals surface area contributed by atoms with Gasteiger partial charge in [-0.15, -0.1) is 35.3 Å². The topological polar surface area (TPSA) is 59.0 Å². The zero-order chi connectivity index (χ0) is 18.8. The Kier molecular flexibility index (Phi) is 11.3. The fraction of sp³-hybridized carbons (Fsp3) is 0.474. The molecular weight excluding hydrogens is 475 g/mol. The van der Waals surface area contributed by atoms with Crippen molar-refractivity contribution in [1.29, 1.82) is 0 Å². The molecule has 0 fully saturated rings. The lowest BCUT2D eigenvalue weighted by Crippen LogP contribution is -2.39. The van der Waals surface area contributed by atoms with E-state index >= 15 is 0 Å². The number of guanidine groups is 1. The van der Waals surface area contributed by atoms with E-state index < -0.39 is 0 Å². The van der Waals surface area contributed by atoms with Gasteiger partial charge in [0, 0.05) is 33.1 Å². The third-order valence-electron chi connectivity index (χ3n) is 3.86. The van der Waals surface area contributed by atoms with Gasteiger partial charge in [0.15, 0.2) is 5.96 Å². The van der Waals surface area contributed by atoms with E-state index in [1.165, 1.54) is 0 Å². The fourth-order valence-electron chi connectivity index (χ4n) is 2.36. The molecule has 0 saturated carbocycles. The van der Waals surface area contributed by atoms with Crippen LogP contribution in [0.5, 0.6) is 5.75 Å². The summed E-state index contributed by atoms with van der Waals surface area (Å²) >= 11 is 1.63. The quantitative estimate of drug-likeness (QED) is 0.243. The third kappa shape index (κ3) is 8.02. The van der Waals surface area contributed by atoms with E-state index in [9.17, 15) is 0 Å². The van der Waals surface area contributed by atoms with Crippen molar-refractivity contribution in [2.24, 2.45) is 4.99 Å². The molecule has 2 rings (SSSR count). The van der Waals surface area contributed by atoms with Gasteiger partial charge in [0.25, 0.3) is 0 Å². The predicted octanol–water partition coefficient (Wildman–Crippen LogP) is 3.94. The largest absolute Gasteiger partial charge is 0.494 e. The second kappa shape index (κ2) is 12.9. The van der Waals surface area contributed by atoms with Gasteiger partial charge in [-0.3, -0.25) is 4.99 Å². The molecule has 0 aliphatic rings. The highest BCUT2D eigenvalue weighted by molar-refractivity contribution is 14.0. The van der Waals surface area contributed by atoms with Gasteiger partial charge in [-0.1, -0.05) is 18.2 Å². The molecule has 1 atom stereocenters. The first-order valence-electron chi connectivity index (χ1n) is 8.70. The maximum absolute atomic E-state index is 5.70. The summed E-state index contributed by atoms with van der Waals surface area (Å²) < 4.78 is 11.0. The molecule has 150 valence electrons. The van der Waals surface area contributed by atoms with Gasteiger partial charge in [-0.2, -0.15) is 0 Å². The van der Waals surface area contributed by atoms with E-state index in [4.69, 9.17) is 9.47 Å². The van der Waals surface area contributed by atoms with Crippen LogP contribution in [0.25, 0.3) is 0 Å². The van der Waals surface area contributed by atoms with Crippen molar-refractivity contribution in [1.82, 2.24) is 15.2 Å². The van der Waals surface area contributed by atoms with E-state index in [0.717, 1.165) is 35.4 Å². The van der Waals surface area contributed by atoms with Gasteiger partial charge >= 0.3 is 0 Å². The number of rotatable bonds is 9. The smallest absolute Gasteiger partial charge is 0.193 e. The number of benzene rings is 1. The van der Waals surface area contributed by atoms with Gasteiger partial charge < -0.3 is 19.7 Å². The van der Waals surface area contributed by atoms with Gasteiger partial charge in [0.05, 0.1) is 18.8 Å². The summed E-state index contributed by atoms with van der Waals surface area (Å²) in [6.45, 7) is 4.17. The lowest BCUT2D eigenvalue weighted by Gasteiger charge is -2.21. The summed E-state index contributed by atoms with van der Waals surface area (Å²) in [4.78, 5) is 11.0. The van der Waals surface area contributed by atoms with E-state index in [2.05, 4.69) is 25.6 Å². The molecule has 0 amide bonds. The Labute approximate surface area is 183 Å². The van der Waals surface area contributed by atoms with Crippen LogP contribution in [0.15, 0.2) is 40.7 Å². The first kappa shape index (κ1) is 23.6. The van der Waals surface area contributed by atoms with E-state index in [0.29, 0.717) is 13.2 Å². The molecule has 2 aromatic rings. The maximum atomic E-state index is 5.70. The summed E-state index contributed by atoms with van der Waals surface area (Å²) in [5, 5.41) is 6.43. The van der Waals surface area contributed by atoms with Crippen LogP contribution >= 0.6 is 35.3 Å². The molecule has 1 N–H and O–H groups in total. The molecule has 6 nitrogen and oxygen atoms in total. The summed E-state index contributed by atoms with van der Waals surface area (Å²) in [7, 11) is 5.50. The lowest BCUT2D eigenvalue weighted by molar-refractivity contribution is 0.119. The van der Waals surface area contributed by atoms with Crippen LogP contribution < -0.4 is 10.1 Å². The molecule has 0 radical (unpaired) electrons. The molecule has 1 unspecified atom stereocenters. The standard InChI is InChI=1S/C19H28N4O2S.HI/c1-15(24-4)18-22-16(14-26-18)13-23(3)19(20-2)21-11-8-12-25-17-9-6-5-7-10-17;/h5-7,9-10,14-15H,8,11-13H2,1-4H3,(H,20,21);1H. The fourth-order valence-corrected chi connectivity index (χ4v) is 3.21. The lowest BCUT2D eigenvalue weighted by atomic mass is 10.3. The summed E-state index contributed by atoms with van der Waals surface area (Å²) in [6, 6.07) is 9.86. The number of nitrogens with zero attached hydrogens (tertiary/aromatic N) is 3. The predicted molar refractivity (Wildman–Crippen MR) is 122 cm³/mol. The number of hydrogen-bond donors (Lipinski definition) is 1. The monoisotopic (exact) mass is 504 g/mol. The summed E-state index contributed by atoms with van der Waals surface area (Å²) in [5.41, 5.74) is 1.02. The van der Waals surface area contributed by atoms with Crippen molar-refractivity contribution >= 4 is 41.3 Å². The summed E-state index contributed by atoms with van der Waals surface area (Å²) in [6.07, 6.45) is 0.926. The Morgan fingerprint density at radius 1 is 1.33 bits per heavy atom. The molecule has 27 heavy (non-hydrogen) atoms. The Morgan fingerprint density at radius 2 is 2.07 bits per heavy atom. The molecule has 8 heteroatoms. The van der Waals surface area contributed by atoms with E-state index in [1.54, 1.807) is 25.5 Å². The normalized spacial score (nSPS) is 12.2. The van der Waals surface area contributed by atoms with Gasteiger partial charge in [0.1, 0.15) is 16.9 Å². The number of aliphatic imine (C=N–C) groups is 1. The van der Waals surface area contributed by atoms with Gasteiger partial charge in [0.2, 0.25) is 0 Å². The number of hydrogen-bond acceptors (Lipinski definition) is 5. The molecular formula is C19H29IN4O2S. The number of para-hydroxylation sites is 1. The minimum Gasteiger partial charge on any atom is -0.494 e. The van der Waals surface area contributed by atoms with Crippen LogP contribution in [0.4, 0.5) is 0 Å². The average molecular weight is 504 g/mol. The molecule has 0 aliphatic heterocycles. The Balaban J connectivity index is 0.00000364. The highest BCUT2D eigenvalue weighted by Gasteiger charge is 2.12. The Bertz CT molecular complexity index is 681. The van der Waals surface area contributed by atoms with Crippen molar-refractivity contribution in [2.45, 2.75) is 26.0 Å². The summed E-state index contributed by atoms with van der Waals surface area (Å²) in [5.74, 6) is 1.75. The van der Waals surface area contributed by atoms with Crippen LogP contribution in [0.2, 0.25) is 0 Å².